The zero-order chi connectivity index (χ0) is 21.5. The lowest BCUT2D eigenvalue weighted by Crippen LogP contribution is -2.41. The van der Waals surface area contributed by atoms with Crippen LogP contribution in [0.5, 0.6) is 5.75 Å². The molecule has 154 valence electrons. The van der Waals surface area contributed by atoms with E-state index in [2.05, 4.69) is 5.10 Å². The summed E-state index contributed by atoms with van der Waals surface area (Å²) in [5.41, 5.74) is -1.66. The molecule has 0 unspecified atom stereocenters. The highest BCUT2D eigenvalue weighted by atomic mass is 19.4. The Kier molecular flexibility index (Phi) is 4.81. The summed E-state index contributed by atoms with van der Waals surface area (Å²) >= 11 is 0. The molecule has 1 aromatic heterocycles. The number of aryl methyl sites for hydroxylation is 1. The molecule has 3 aromatic rings. The number of aromatic nitrogens is 2. The van der Waals surface area contributed by atoms with Crippen molar-refractivity contribution in [2.45, 2.75) is 13.1 Å². The van der Waals surface area contributed by atoms with Gasteiger partial charge in [-0.3, -0.25) is 14.5 Å². The highest BCUT2D eigenvalue weighted by molar-refractivity contribution is 6.05. The minimum atomic E-state index is -4.62. The lowest BCUT2D eigenvalue weighted by Gasteiger charge is -2.29. The van der Waals surface area contributed by atoms with Crippen LogP contribution in [0.25, 0.3) is 5.69 Å². The van der Waals surface area contributed by atoms with E-state index in [0.717, 1.165) is 16.8 Å². The number of alkyl halides is 3. The van der Waals surface area contributed by atoms with Crippen LogP contribution in [0.15, 0.2) is 59.4 Å². The Labute approximate surface area is 169 Å². The van der Waals surface area contributed by atoms with Gasteiger partial charge in [0.15, 0.2) is 5.69 Å². The zero-order valence-electron chi connectivity index (χ0n) is 15.8. The normalized spacial score (nSPS) is 13.5. The molecule has 0 atom stereocenters. The monoisotopic (exact) mass is 415 g/mol. The van der Waals surface area contributed by atoms with Crippen molar-refractivity contribution in [2.24, 2.45) is 0 Å². The van der Waals surface area contributed by atoms with Gasteiger partial charge in [-0.25, -0.2) is 4.68 Å². The molecule has 2 aromatic carbocycles. The molecule has 0 saturated heterocycles. The molecular weight excluding hydrogens is 399 g/mol. The average molecular weight is 415 g/mol. The van der Waals surface area contributed by atoms with Crippen molar-refractivity contribution in [3.63, 3.8) is 0 Å². The van der Waals surface area contributed by atoms with Gasteiger partial charge in [0.05, 0.1) is 23.5 Å². The second-order valence-electron chi connectivity index (χ2n) is 6.70. The van der Waals surface area contributed by atoms with Crippen LogP contribution >= 0.6 is 0 Å². The molecule has 2 heterocycles. The number of hydrogen-bond acceptors (Lipinski definition) is 4. The fraction of sp³-hybridized carbons (Fsp3) is 0.190. The Balaban J connectivity index is 1.84. The van der Waals surface area contributed by atoms with Crippen LogP contribution in [0.2, 0.25) is 0 Å². The molecular formula is C21H16F3N3O3. The molecule has 0 spiro atoms. The van der Waals surface area contributed by atoms with Gasteiger partial charge in [-0.2, -0.15) is 18.3 Å². The van der Waals surface area contributed by atoms with Crippen LogP contribution in [-0.4, -0.2) is 28.8 Å². The number of rotatable bonds is 2. The van der Waals surface area contributed by atoms with E-state index in [9.17, 15) is 22.8 Å². The summed E-state index contributed by atoms with van der Waals surface area (Å²) in [4.78, 5) is 27.0. The van der Waals surface area contributed by atoms with Crippen LogP contribution in [0.3, 0.4) is 0 Å². The minimum absolute atomic E-state index is 0.177. The molecule has 0 saturated carbocycles. The Morgan fingerprint density at radius 1 is 1.07 bits per heavy atom. The maximum absolute atomic E-state index is 13.5. The largest absolute Gasteiger partial charge is 0.490 e. The maximum atomic E-state index is 13.5. The molecule has 9 heteroatoms. The Morgan fingerprint density at radius 3 is 2.47 bits per heavy atom. The molecule has 6 nitrogen and oxygen atoms in total. The zero-order valence-corrected chi connectivity index (χ0v) is 15.8. The average Bonchev–Trinajstić information content (AvgIpc) is 2.72. The van der Waals surface area contributed by atoms with E-state index >= 15 is 0 Å². The fourth-order valence-corrected chi connectivity index (χ4v) is 3.35. The number of carbonyl (C=O) groups excluding carboxylic acids is 1. The van der Waals surface area contributed by atoms with Crippen molar-refractivity contribution >= 4 is 11.6 Å². The van der Waals surface area contributed by atoms with Gasteiger partial charge in [-0.1, -0.05) is 24.3 Å². The van der Waals surface area contributed by atoms with Crippen molar-refractivity contribution < 1.29 is 22.7 Å². The quantitative estimate of drug-likeness (QED) is 0.642. The lowest BCUT2D eigenvalue weighted by molar-refractivity contribution is -0.137. The smallest absolute Gasteiger partial charge is 0.418 e. The van der Waals surface area contributed by atoms with E-state index in [1.54, 1.807) is 24.3 Å². The third-order valence-electron chi connectivity index (χ3n) is 4.72. The summed E-state index contributed by atoms with van der Waals surface area (Å²) in [7, 11) is 0. The third kappa shape index (κ3) is 3.42. The first kappa shape index (κ1) is 19.7. The van der Waals surface area contributed by atoms with E-state index in [4.69, 9.17) is 4.74 Å². The van der Waals surface area contributed by atoms with Crippen LogP contribution in [-0.2, 0) is 6.18 Å². The summed E-state index contributed by atoms with van der Waals surface area (Å²) < 4.78 is 46.9. The topological polar surface area (TPSA) is 64.4 Å². The van der Waals surface area contributed by atoms with E-state index < -0.39 is 28.8 Å². The SMILES string of the molecule is Cc1cc(=O)c(C(=O)N2CCOc3ccccc32)nn1-c1ccccc1C(F)(F)F. The fourth-order valence-electron chi connectivity index (χ4n) is 3.35. The minimum Gasteiger partial charge on any atom is -0.490 e. The molecule has 0 radical (unpaired) electrons. The van der Waals surface area contributed by atoms with Gasteiger partial charge in [0.1, 0.15) is 12.4 Å². The number of amides is 1. The maximum Gasteiger partial charge on any atom is 0.418 e. The van der Waals surface area contributed by atoms with Gasteiger partial charge < -0.3 is 4.74 Å². The number of hydrogen-bond donors (Lipinski definition) is 0. The van der Waals surface area contributed by atoms with Gasteiger partial charge in [0.2, 0.25) is 5.43 Å². The Bertz CT molecular complexity index is 1190. The first-order valence-corrected chi connectivity index (χ1v) is 9.08. The number of anilines is 1. The van der Waals surface area contributed by atoms with Gasteiger partial charge in [-0.05, 0) is 31.2 Å². The van der Waals surface area contributed by atoms with Crippen LogP contribution in [0.4, 0.5) is 18.9 Å². The highest BCUT2D eigenvalue weighted by Gasteiger charge is 2.34. The van der Waals surface area contributed by atoms with Gasteiger partial charge in [-0.15, -0.1) is 0 Å². The third-order valence-corrected chi connectivity index (χ3v) is 4.72. The number of halogens is 3. The first-order chi connectivity index (χ1) is 14.3. The van der Waals surface area contributed by atoms with Gasteiger partial charge >= 0.3 is 6.18 Å². The highest BCUT2D eigenvalue weighted by Crippen LogP contribution is 2.34. The van der Waals surface area contributed by atoms with Crippen molar-refractivity contribution in [1.82, 2.24) is 9.78 Å². The predicted molar refractivity (Wildman–Crippen MR) is 103 cm³/mol. The van der Waals surface area contributed by atoms with Crippen LogP contribution in [0.1, 0.15) is 21.7 Å². The number of fused-ring (bicyclic) bond motifs is 1. The number of benzene rings is 2. The number of carbonyl (C=O) groups is 1. The molecule has 30 heavy (non-hydrogen) atoms. The molecule has 1 aliphatic rings. The number of ether oxygens (including phenoxy) is 1. The summed E-state index contributed by atoms with van der Waals surface area (Å²) in [5.74, 6) is -0.221. The van der Waals surface area contributed by atoms with Crippen LogP contribution < -0.4 is 15.1 Å². The van der Waals surface area contributed by atoms with Crippen molar-refractivity contribution in [3.05, 3.63) is 81.8 Å². The van der Waals surface area contributed by atoms with E-state index in [1.165, 1.54) is 30.0 Å². The van der Waals surface area contributed by atoms with E-state index in [1.807, 2.05) is 0 Å². The molecule has 4 rings (SSSR count). The Hall–Kier alpha value is -3.62. The molecule has 1 aliphatic heterocycles. The summed E-state index contributed by atoms with van der Waals surface area (Å²) in [6.07, 6.45) is -4.62. The molecule has 0 fully saturated rings. The van der Waals surface area contributed by atoms with E-state index in [0.29, 0.717) is 11.4 Å². The van der Waals surface area contributed by atoms with E-state index in [-0.39, 0.29) is 24.5 Å². The Morgan fingerprint density at radius 2 is 1.73 bits per heavy atom. The molecule has 1 amide bonds. The van der Waals surface area contributed by atoms with Gasteiger partial charge in [0.25, 0.3) is 5.91 Å². The number of nitrogens with zero attached hydrogens (tertiary/aromatic N) is 3. The second-order valence-corrected chi connectivity index (χ2v) is 6.70. The molecule has 0 aliphatic carbocycles. The second kappa shape index (κ2) is 7.33. The summed E-state index contributed by atoms with van der Waals surface area (Å²) in [6, 6.07) is 12.8. The summed E-state index contributed by atoms with van der Waals surface area (Å²) in [5, 5.41) is 4.04. The predicted octanol–water partition coefficient (Wildman–Crippen LogP) is 3.60. The van der Waals surface area contributed by atoms with Crippen LogP contribution in [0, 0.1) is 6.92 Å². The standard InChI is InChI=1S/C21H16F3N3O3/c1-13-12-17(28)19(20(29)26-10-11-30-18-9-5-4-8-16(18)26)25-27(13)15-7-3-2-6-14(15)21(22,23)24/h2-9,12H,10-11H2,1H3. The number of para-hydroxylation sites is 3. The van der Waals surface area contributed by atoms with Crippen molar-refractivity contribution in [1.29, 1.82) is 0 Å². The van der Waals surface area contributed by atoms with Gasteiger partial charge in [0, 0.05) is 11.8 Å². The molecule has 0 bridgehead atoms. The lowest BCUT2D eigenvalue weighted by atomic mass is 10.1. The molecule has 0 N–H and O–H groups in total. The van der Waals surface area contributed by atoms with Crippen molar-refractivity contribution in [3.8, 4) is 11.4 Å². The first-order valence-electron chi connectivity index (χ1n) is 9.08. The van der Waals surface area contributed by atoms with Crippen molar-refractivity contribution in [2.75, 3.05) is 18.1 Å². The summed E-state index contributed by atoms with van der Waals surface area (Å²) in [6.45, 7) is 1.86.